The van der Waals surface area contributed by atoms with Crippen LogP contribution in [0.2, 0.25) is 5.02 Å². The first kappa shape index (κ1) is 60.2. The van der Waals surface area contributed by atoms with Crippen LogP contribution >= 0.6 is 11.6 Å². The molecule has 5 heterocycles. The van der Waals surface area contributed by atoms with Crippen molar-refractivity contribution in [2.45, 2.75) is 92.0 Å². The number of rotatable bonds is 29. The molecule has 426 valence electrons. The fourth-order valence-corrected chi connectivity index (χ4v) is 8.16. The minimum Gasteiger partial charge on any atom is -0.484 e. The van der Waals surface area contributed by atoms with Crippen molar-refractivity contribution in [3.63, 3.8) is 0 Å². The number of methoxy groups -OCH3 is 1. The monoisotopic (exact) mass is 1130 g/mol. The molecule has 7 aromatic rings. The number of anilines is 1. The SMILES string of the molecule is COC(=O)[C@H](CCC(C)(C)C)NC(=O)c1ccc(Oc2cccc(OCC(=O)NCCOCCOCc3cn(CCCCCOc4ncc(-c5nc6c(N[C@H](C)c7cc(C#N)ccc7F)c(Cl)c(C)nc6cc5F)cn4)nn3)c2)nc1. The quantitative estimate of drug-likeness (QED) is 0.0291. The number of hydrogen-bond acceptors (Lipinski definition) is 18. The van der Waals surface area contributed by atoms with E-state index < -0.39 is 35.6 Å². The molecule has 3 N–H and O–H groups in total. The average molecular weight is 1130 g/mol. The highest BCUT2D eigenvalue weighted by atomic mass is 35.5. The minimum absolute atomic E-state index is 0.0267. The highest BCUT2D eigenvalue weighted by molar-refractivity contribution is 6.35. The van der Waals surface area contributed by atoms with E-state index in [-0.39, 0.29) is 82.5 Å². The van der Waals surface area contributed by atoms with Gasteiger partial charge in [0.05, 0.1) is 91.5 Å². The van der Waals surface area contributed by atoms with E-state index in [9.17, 15) is 24.0 Å². The van der Waals surface area contributed by atoms with Crippen LogP contribution in [0.3, 0.4) is 0 Å². The lowest BCUT2D eigenvalue weighted by Gasteiger charge is -2.22. The van der Waals surface area contributed by atoms with E-state index in [2.05, 4.69) is 72.0 Å². The Kier molecular flexibility index (Phi) is 21.6. The van der Waals surface area contributed by atoms with E-state index in [0.717, 1.165) is 12.8 Å². The molecular formula is C57H63ClF2N12O9. The molecule has 24 heteroatoms. The van der Waals surface area contributed by atoms with E-state index in [0.29, 0.717) is 85.3 Å². The number of hydrogen-bond donors (Lipinski definition) is 3. The fourth-order valence-electron chi connectivity index (χ4n) is 7.97. The van der Waals surface area contributed by atoms with Crippen molar-refractivity contribution in [3.05, 3.63) is 130 Å². The molecule has 0 fully saturated rings. The Labute approximate surface area is 472 Å². The van der Waals surface area contributed by atoms with Crippen LogP contribution in [0.15, 0.2) is 85.5 Å². The number of halogens is 3. The molecule has 0 unspecified atom stereocenters. The number of fused-ring (bicyclic) bond motifs is 1. The zero-order valence-electron chi connectivity index (χ0n) is 45.8. The summed E-state index contributed by atoms with van der Waals surface area (Å²) in [5.74, 6) is -1.45. The topological polar surface area (TPSA) is 262 Å². The number of nitrogens with one attached hydrogen (secondary N) is 3. The summed E-state index contributed by atoms with van der Waals surface area (Å²) < 4.78 is 65.4. The summed E-state index contributed by atoms with van der Waals surface area (Å²) in [6, 6.07) is 15.8. The first-order chi connectivity index (χ1) is 39.0. The van der Waals surface area contributed by atoms with Crippen LogP contribution in [-0.2, 0) is 37.0 Å². The van der Waals surface area contributed by atoms with Crippen LogP contribution in [-0.4, -0.2) is 110 Å². The number of nitrogens with zero attached hydrogens (tertiary/aromatic N) is 9. The van der Waals surface area contributed by atoms with E-state index >= 15 is 4.39 Å². The van der Waals surface area contributed by atoms with E-state index in [1.807, 2.05) is 12.3 Å². The number of unbranched alkanes of at least 4 members (excludes halogenated alkanes) is 2. The lowest BCUT2D eigenvalue weighted by Crippen LogP contribution is -2.42. The molecule has 0 spiro atoms. The Morgan fingerprint density at radius 1 is 0.877 bits per heavy atom. The van der Waals surface area contributed by atoms with Crippen LogP contribution in [0.5, 0.6) is 23.4 Å². The molecular weight excluding hydrogens is 1070 g/mol. The van der Waals surface area contributed by atoms with Crippen LogP contribution in [0.4, 0.5) is 14.5 Å². The molecule has 0 bridgehead atoms. The molecule has 0 aliphatic rings. The second-order valence-corrected chi connectivity index (χ2v) is 20.2. The summed E-state index contributed by atoms with van der Waals surface area (Å²) in [5, 5.41) is 26.6. The number of carbonyl (C=O) groups excluding carboxylic acids is 3. The summed E-state index contributed by atoms with van der Waals surface area (Å²) in [6.45, 7) is 11.7. The molecule has 2 aromatic carbocycles. The molecule has 2 atom stereocenters. The van der Waals surface area contributed by atoms with Gasteiger partial charge >= 0.3 is 12.0 Å². The number of aromatic nitrogens is 8. The predicted octanol–water partition coefficient (Wildman–Crippen LogP) is 9.23. The Balaban J connectivity index is 0.732. The van der Waals surface area contributed by atoms with Gasteiger partial charge in [-0.25, -0.2) is 38.5 Å². The van der Waals surface area contributed by atoms with Gasteiger partial charge in [0, 0.05) is 61.0 Å². The van der Waals surface area contributed by atoms with Crippen molar-refractivity contribution in [2.24, 2.45) is 5.41 Å². The van der Waals surface area contributed by atoms with Gasteiger partial charge in [0.15, 0.2) is 12.4 Å². The zero-order chi connectivity index (χ0) is 57.9. The van der Waals surface area contributed by atoms with Gasteiger partial charge < -0.3 is 44.4 Å². The Morgan fingerprint density at radius 3 is 2.42 bits per heavy atom. The molecule has 0 aliphatic carbocycles. The van der Waals surface area contributed by atoms with Crippen molar-refractivity contribution in [1.29, 1.82) is 5.26 Å². The second kappa shape index (κ2) is 29.1. The van der Waals surface area contributed by atoms with Gasteiger partial charge in [-0.05, 0) is 87.8 Å². The number of benzene rings is 2. The van der Waals surface area contributed by atoms with Gasteiger partial charge in [0.2, 0.25) is 5.88 Å². The normalized spacial score (nSPS) is 12.0. The molecule has 21 nitrogen and oxygen atoms in total. The van der Waals surface area contributed by atoms with Gasteiger partial charge in [-0.2, -0.15) is 5.26 Å². The molecule has 0 radical (unpaired) electrons. The van der Waals surface area contributed by atoms with E-state index in [1.54, 1.807) is 48.9 Å². The maximum absolute atomic E-state index is 15.5. The third-order valence-corrected chi connectivity index (χ3v) is 12.7. The second-order valence-electron chi connectivity index (χ2n) is 19.8. The van der Waals surface area contributed by atoms with E-state index in [1.165, 1.54) is 56.0 Å². The summed E-state index contributed by atoms with van der Waals surface area (Å²) >= 11 is 6.68. The van der Waals surface area contributed by atoms with Crippen molar-refractivity contribution in [2.75, 3.05) is 52.0 Å². The van der Waals surface area contributed by atoms with Gasteiger partial charge in [0.25, 0.3) is 11.8 Å². The summed E-state index contributed by atoms with van der Waals surface area (Å²) in [6.07, 6.45) is 9.50. The van der Waals surface area contributed by atoms with Crippen LogP contribution in [0.1, 0.15) is 98.7 Å². The van der Waals surface area contributed by atoms with Crippen LogP contribution < -0.4 is 30.2 Å². The number of amides is 2. The number of aryl methyl sites for hydroxylation is 2. The van der Waals surface area contributed by atoms with Crippen molar-refractivity contribution in [3.8, 4) is 40.7 Å². The number of pyridine rings is 3. The van der Waals surface area contributed by atoms with Gasteiger partial charge in [-0.1, -0.05) is 43.7 Å². The van der Waals surface area contributed by atoms with Crippen molar-refractivity contribution in [1.82, 2.24) is 50.5 Å². The maximum atomic E-state index is 15.5. The van der Waals surface area contributed by atoms with Gasteiger partial charge in [-0.15, -0.1) is 5.10 Å². The number of esters is 1. The van der Waals surface area contributed by atoms with Crippen molar-refractivity contribution >= 4 is 46.1 Å². The zero-order valence-corrected chi connectivity index (χ0v) is 46.5. The Bertz CT molecular complexity index is 3300. The lowest BCUT2D eigenvalue weighted by molar-refractivity contribution is -0.143. The third-order valence-electron chi connectivity index (χ3n) is 12.3. The maximum Gasteiger partial charge on any atom is 0.328 e. The average Bonchev–Trinajstić information content (AvgIpc) is 4.04. The van der Waals surface area contributed by atoms with Crippen molar-refractivity contribution < 1.29 is 51.6 Å². The highest BCUT2D eigenvalue weighted by Crippen LogP contribution is 2.37. The minimum atomic E-state index is -0.788. The van der Waals surface area contributed by atoms with Gasteiger partial charge in [0.1, 0.15) is 40.3 Å². The first-order valence-electron chi connectivity index (χ1n) is 26.1. The summed E-state index contributed by atoms with van der Waals surface area (Å²) in [4.78, 5) is 59.4. The van der Waals surface area contributed by atoms with Crippen LogP contribution in [0, 0.1) is 35.3 Å². The summed E-state index contributed by atoms with van der Waals surface area (Å²) in [7, 11) is 1.29. The first-order valence-corrected chi connectivity index (χ1v) is 26.5. The summed E-state index contributed by atoms with van der Waals surface area (Å²) in [5.41, 5.74) is 2.93. The number of nitriles is 1. The van der Waals surface area contributed by atoms with Gasteiger partial charge in [-0.3, -0.25) is 14.3 Å². The molecule has 81 heavy (non-hydrogen) atoms. The fraction of sp³-hybridized carbons (Fsp3) is 0.386. The molecule has 2 amide bonds. The third kappa shape index (κ3) is 18.0. The number of carbonyl (C=O) groups is 3. The Hall–Kier alpha value is -8.46. The Morgan fingerprint density at radius 2 is 1.67 bits per heavy atom. The molecule has 0 saturated heterocycles. The predicted molar refractivity (Wildman–Crippen MR) is 294 cm³/mol. The lowest BCUT2D eigenvalue weighted by atomic mass is 9.88. The smallest absolute Gasteiger partial charge is 0.328 e. The number of ether oxygens (including phenoxy) is 6. The van der Waals surface area contributed by atoms with E-state index in [4.69, 9.17) is 40.0 Å². The molecule has 0 saturated carbocycles. The molecule has 0 aliphatic heterocycles. The molecule has 7 rings (SSSR count). The molecule has 5 aromatic heterocycles. The van der Waals surface area contributed by atoms with Crippen LogP contribution in [0.25, 0.3) is 22.3 Å². The highest BCUT2D eigenvalue weighted by Gasteiger charge is 2.25. The standard InChI is InChI=1S/C57H63ClF2N12O9/c1-35(43-25-37(28-61)13-15-44(43)59)67-53-50(58)36(2)66-47-27-45(60)51(69-52(47)53)39-30-64-56(65-31-39)79-21-9-7-8-20-72-32-40(70-71-72)33-78-24-23-77-22-19-62-48(73)34-80-41-11-10-12-42(26-41)81-49-16-14-38(29-63-49)54(74)68-46(55(75)76-6)17-18-57(3,4)5/h10-16,25-27,29-32,35,46H,7-9,17-24,33-34H2,1-6H3,(H,62,73)(H,66,67)(H,68,74)/t35-,46+/m1/s1. The largest absolute Gasteiger partial charge is 0.484 e.